The fourth-order valence-electron chi connectivity index (χ4n) is 2.11. The van der Waals surface area contributed by atoms with E-state index in [-0.39, 0.29) is 11.5 Å². The first-order valence-corrected chi connectivity index (χ1v) is 6.50. The van der Waals surface area contributed by atoms with Crippen molar-refractivity contribution in [3.63, 3.8) is 0 Å². The third kappa shape index (κ3) is 2.95. The Morgan fingerprint density at radius 1 is 0.909 bits per heavy atom. The van der Waals surface area contributed by atoms with Gasteiger partial charge in [-0.1, -0.05) is 18.2 Å². The smallest absolute Gasteiger partial charge is 0.251 e. The number of nitrogens with two attached hydrogens (primary N) is 2. The maximum absolute atomic E-state index is 12.0. The summed E-state index contributed by atoms with van der Waals surface area (Å²) >= 11 is 0. The maximum atomic E-state index is 12.0. The van der Waals surface area contributed by atoms with E-state index in [4.69, 9.17) is 11.5 Å². The molecular formula is C16H15N3O3. The van der Waals surface area contributed by atoms with Gasteiger partial charge in [-0.05, 0) is 35.4 Å². The highest BCUT2D eigenvalue weighted by atomic mass is 16.2. The van der Waals surface area contributed by atoms with Crippen LogP contribution in [-0.2, 0) is 0 Å². The largest absolute Gasteiger partial charge is 0.366 e. The number of hydrogen-bond donors (Lipinski definition) is 3. The predicted molar refractivity (Wildman–Crippen MR) is 82.3 cm³/mol. The molecule has 6 heteroatoms. The maximum Gasteiger partial charge on any atom is 0.251 e. The molecule has 112 valence electrons. The first-order valence-electron chi connectivity index (χ1n) is 6.50. The number of carbonyl (C=O) groups excluding carboxylic acids is 3. The molecule has 6 nitrogen and oxygen atoms in total. The number of primary amides is 2. The van der Waals surface area contributed by atoms with Gasteiger partial charge < -0.3 is 16.8 Å². The summed E-state index contributed by atoms with van der Waals surface area (Å²) in [6.07, 6.45) is 0. The van der Waals surface area contributed by atoms with E-state index in [0.29, 0.717) is 22.3 Å². The summed E-state index contributed by atoms with van der Waals surface area (Å²) in [7, 11) is 1.49. The van der Waals surface area contributed by atoms with Crippen molar-refractivity contribution >= 4 is 17.7 Å². The van der Waals surface area contributed by atoms with E-state index in [1.54, 1.807) is 30.3 Å². The molecule has 0 saturated carbocycles. The SMILES string of the molecule is CNC(=O)c1cc(C(N)=O)ccc1-c1cccc(C(N)=O)c1. The minimum absolute atomic E-state index is 0.230. The molecule has 0 unspecified atom stereocenters. The summed E-state index contributed by atoms with van der Waals surface area (Å²) in [5, 5.41) is 2.51. The van der Waals surface area contributed by atoms with Crippen LogP contribution < -0.4 is 16.8 Å². The molecule has 0 radical (unpaired) electrons. The molecule has 2 aromatic carbocycles. The number of carbonyl (C=O) groups is 3. The molecule has 0 heterocycles. The van der Waals surface area contributed by atoms with Gasteiger partial charge in [0.1, 0.15) is 0 Å². The monoisotopic (exact) mass is 297 g/mol. The zero-order valence-corrected chi connectivity index (χ0v) is 11.9. The van der Waals surface area contributed by atoms with Crippen LogP contribution in [0.4, 0.5) is 0 Å². The average Bonchev–Trinajstić information content (AvgIpc) is 2.53. The number of nitrogens with one attached hydrogen (secondary N) is 1. The third-order valence-corrected chi connectivity index (χ3v) is 3.23. The summed E-state index contributed by atoms with van der Waals surface area (Å²) in [5.74, 6) is -1.54. The van der Waals surface area contributed by atoms with Crippen LogP contribution in [0.15, 0.2) is 42.5 Å². The Balaban J connectivity index is 2.64. The zero-order chi connectivity index (χ0) is 16.3. The summed E-state index contributed by atoms with van der Waals surface area (Å²) in [6.45, 7) is 0. The van der Waals surface area contributed by atoms with Crippen molar-refractivity contribution in [3.8, 4) is 11.1 Å². The van der Waals surface area contributed by atoms with Crippen LogP contribution >= 0.6 is 0 Å². The van der Waals surface area contributed by atoms with E-state index in [2.05, 4.69) is 5.32 Å². The molecule has 0 spiro atoms. The number of hydrogen-bond acceptors (Lipinski definition) is 3. The van der Waals surface area contributed by atoms with Crippen LogP contribution in [0.1, 0.15) is 31.1 Å². The lowest BCUT2D eigenvalue weighted by Crippen LogP contribution is -2.20. The predicted octanol–water partition coefficient (Wildman–Crippen LogP) is 0.911. The molecule has 0 aliphatic heterocycles. The zero-order valence-electron chi connectivity index (χ0n) is 11.9. The second kappa shape index (κ2) is 6.09. The molecule has 0 bridgehead atoms. The van der Waals surface area contributed by atoms with Gasteiger partial charge in [-0.15, -0.1) is 0 Å². The van der Waals surface area contributed by atoms with Crippen molar-refractivity contribution in [1.82, 2.24) is 5.32 Å². The molecule has 0 aliphatic rings. The van der Waals surface area contributed by atoms with Crippen molar-refractivity contribution in [2.75, 3.05) is 7.05 Å². The van der Waals surface area contributed by atoms with E-state index in [9.17, 15) is 14.4 Å². The highest BCUT2D eigenvalue weighted by Crippen LogP contribution is 2.26. The molecule has 0 aliphatic carbocycles. The summed E-state index contributed by atoms with van der Waals surface area (Å²) in [4.78, 5) is 34.6. The highest BCUT2D eigenvalue weighted by Gasteiger charge is 2.15. The summed E-state index contributed by atoms with van der Waals surface area (Å²) < 4.78 is 0. The molecule has 5 N–H and O–H groups in total. The molecule has 0 fully saturated rings. The normalized spacial score (nSPS) is 10.0. The van der Waals surface area contributed by atoms with Crippen LogP contribution in [0, 0.1) is 0 Å². The van der Waals surface area contributed by atoms with Crippen LogP contribution in [-0.4, -0.2) is 24.8 Å². The van der Waals surface area contributed by atoms with Crippen LogP contribution in [0.3, 0.4) is 0 Å². The van der Waals surface area contributed by atoms with E-state index < -0.39 is 11.8 Å². The van der Waals surface area contributed by atoms with Gasteiger partial charge in [-0.3, -0.25) is 14.4 Å². The quantitative estimate of drug-likeness (QED) is 0.779. The lowest BCUT2D eigenvalue weighted by Gasteiger charge is -2.11. The molecule has 2 rings (SSSR count). The van der Waals surface area contributed by atoms with Gasteiger partial charge in [0, 0.05) is 23.7 Å². The van der Waals surface area contributed by atoms with Crippen LogP contribution in [0.25, 0.3) is 11.1 Å². The molecule has 3 amide bonds. The van der Waals surface area contributed by atoms with Crippen molar-refractivity contribution in [1.29, 1.82) is 0 Å². The summed E-state index contributed by atoms with van der Waals surface area (Å²) in [5.41, 5.74) is 12.6. The Hall–Kier alpha value is -3.15. The molecule has 0 atom stereocenters. The highest BCUT2D eigenvalue weighted by molar-refractivity contribution is 6.04. The number of amides is 3. The molecule has 22 heavy (non-hydrogen) atoms. The number of benzene rings is 2. The summed E-state index contributed by atoms with van der Waals surface area (Å²) in [6, 6.07) is 11.2. The van der Waals surface area contributed by atoms with Crippen LogP contribution in [0.2, 0.25) is 0 Å². The number of rotatable bonds is 4. The van der Waals surface area contributed by atoms with Gasteiger partial charge in [0.05, 0.1) is 0 Å². The van der Waals surface area contributed by atoms with Gasteiger partial charge in [0.15, 0.2) is 0 Å². The van der Waals surface area contributed by atoms with Gasteiger partial charge in [0.25, 0.3) is 5.91 Å². The minimum Gasteiger partial charge on any atom is -0.366 e. The topological polar surface area (TPSA) is 115 Å². The van der Waals surface area contributed by atoms with Crippen molar-refractivity contribution < 1.29 is 14.4 Å². The Kier molecular flexibility index (Phi) is 4.22. The van der Waals surface area contributed by atoms with Gasteiger partial charge in [0.2, 0.25) is 11.8 Å². The first-order chi connectivity index (χ1) is 10.4. The third-order valence-electron chi connectivity index (χ3n) is 3.23. The second-order valence-electron chi connectivity index (χ2n) is 4.65. The lowest BCUT2D eigenvalue weighted by atomic mass is 9.95. The second-order valence-corrected chi connectivity index (χ2v) is 4.65. The molecule has 0 saturated heterocycles. The fraction of sp³-hybridized carbons (Fsp3) is 0.0625. The molecule has 2 aromatic rings. The first kappa shape index (κ1) is 15.2. The van der Waals surface area contributed by atoms with E-state index >= 15 is 0 Å². The Morgan fingerprint density at radius 2 is 1.55 bits per heavy atom. The van der Waals surface area contributed by atoms with Crippen molar-refractivity contribution in [2.45, 2.75) is 0 Å². The van der Waals surface area contributed by atoms with Gasteiger partial charge in [-0.2, -0.15) is 0 Å². The Labute approximate surface area is 127 Å². The average molecular weight is 297 g/mol. The van der Waals surface area contributed by atoms with Crippen molar-refractivity contribution in [3.05, 3.63) is 59.2 Å². The van der Waals surface area contributed by atoms with E-state index in [1.807, 2.05) is 0 Å². The van der Waals surface area contributed by atoms with Crippen LogP contribution in [0.5, 0.6) is 0 Å². The lowest BCUT2D eigenvalue weighted by molar-refractivity contribution is 0.0962. The Bertz CT molecular complexity index is 769. The van der Waals surface area contributed by atoms with Crippen molar-refractivity contribution in [2.24, 2.45) is 11.5 Å². The molecule has 0 aromatic heterocycles. The minimum atomic E-state index is -0.623. The fourth-order valence-corrected chi connectivity index (χ4v) is 2.11. The molecular weight excluding hydrogens is 282 g/mol. The standard InChI is InChI=1S/C16H15N3O3/c1-19-16(22)13-8-11(15(18)21)5-6-12(13)9-3-2-4-10(7-9)14(17)20/h2-8H,1H3,(H2,17,20)(H2,18,21)(H,19,22). The van der Waals surface area contributed by atoms with E-state index in [0.717, 1.165) is 0 Å². The Morgan fingerprint density at radius 3 is 2.14 bits per heavy atom. The van der Waals surface area contributed by atoms with Gasteiger partial charge in [-0.25, -0.2) is 0 Å². The van der Waals surface area contributed by atoms with Gasteiger partial charge >= 0.3 is 0 Å². The van der Waals surface area contributed by atoms with E-state index in [1.165, 1.54) is 19.2 Å².